The van der Waals surface area contributed by atoms with E-state index in [-0.39, 0.29) is 0 Å². The number of aryl methyl sites for hydroxylation is 1. The van der Waals surface area contributed by atoms with Crippen molar-refractivity contribution >= 4 is 11.6 Å². The van der Waals surface area contributed by atoms with Crippen molar-refractivity contribution < 1.29 is 0 Å². The van der Waals surface area contributed by atoms with Crippen molar-refractivity contribution in [3.05, 3.63) is 11.9 Å². The highest BCUT2D eigenvalue weighted by Crippen LogP contribution is 2.32. The van der Waals surface area contributed by atoms with Gasteiger partial charge in [0.15, 0.2) is 0 Å². The Kier molecular flexibility index (Phi) is 2.99. The van der Waals surface area contributed by atoms with Crippen LogP contribution in [0.5, 0.6) is 0 Å². The van der Waals surface area contributed by atoms with Gasteiger partial charge in [-0.2, -0.15) is 0 Å². The third-order valence-electron chi connectivity index (χ3n) is 3.66. The van der Waals surface area contributed by atoms with Crippen LogP contribution in [-0.2, 0) is 0 Å². The number of anilines is 2. The first kappa shape index (κ1) is 11.2. The van der Waals surface area contributed by atoms with Gasteiger partial charge >= 0.3 is 0 Å². The Morgan fingerprint density at radius 2 is 2.06 bits per heavy atom. The molecule has 0 saturated heterocycles. The summed E-state index contributed by atoms with van der Waals surface area (Å²) < 4.78 is 0. The lowest BCUT2D eigenvalue weighted by Gasteiger charge is -2.20. The molecule has 1 aromatic heterocycles. The first-order valence-electron chi connectivity index (χ1n) is 5.94. The van der Waals surface area contributed by atoms with Gasteiger partial charge in [0, 0.05) is 12.1 Å². The minimum atomic E-state index is 0.517. The molecule has 1 aliphatic rings. The first-order chi connectivity index (χ1) is 7.56. The highest BCUT2D eigenvalue weighted by Gasteiger charge is 2.29. The molecule has 1 fully saturated rings. The largest absolute Gasteiger partial charge is 0.384 e. The maximum absolute atomic E-state index is 5.70. The van der Waals surface area contributed by atoms with Gasteiger partial charge < -0.3 is 11.1 Å². The summed E-state index contributed by atoms with van der Waals surface area (Å²) in [5.74, 6) is 3.60. The number of nitrogens with one attached hydrogen (secondary N) is 1. The normalized spacial score (nSPS) is 29.3. The fourth-order valence-electron chi connectivity index (χ4n) is 2.42. The van der Waals surface area contributed by atoms with Crippen molar-refractivity contribution in [2.45, 2.75) is 39.7 Å². The third-order valence-corrected chi connectivity index (χ3v) is 3.66. The van der Waals surface area contributed by atoms with Crippen LogP contribution in [0.2, 0.25) is 0 Å². The number of rotatable bonds is 2. The maximum Gasteiger partial charge on any atom is 0.132 e. The van der Waals surface area contributed by atoms with Crippen molar-refractivity contribution in [2.75, 3.05) is 11.1 Å². The summed E-state index contributed by atoms with van der Waals surface area (Å²) in [5, 5.41) is 3.47. The van der Waals surface area contributed by atoms with Crippen molar-refractivity contribution in [3.8, 4) is 0 Å². The molecular weight excluding hydrogens is 200 g/mol. The average Bonchev–Trinajstić information content (AvgIpc) is 2.48. The minimum absolute atomic E-state index is 0.517. The lowest BCUT2D eigenvalue weighted by Crippen LogP contribution is -2.24. The molecule has 4 heteroatoms. The zero-order valence-electron chi connectivity index (χ0n) is 10.2. The molecule has 3 N–H and O–H groups in total. The van der Waals surface area contributed by atoms with Crippen LogP contribution in [0.15, 0.2) is 6.07 Å². The van der Waals surface area contributed by atoms with Crippen molar-refractivity contribution in [3.63, 3.8) is 0 Å². The molecule has 1 saturated carbocycles. The standard InChI is InChI=1S/C12H20N4/c1-7-4-5-10(8(7)2)16-12-6-11(13)14-9(3)15-12/h6-8,10H,4-5H2,1-3H3,(H3,13,14,15,16). The van der Waals surface area contributed by atoms with E-state index in [1.165, 1.54) is 12.8 Å². The van der Waals surface area contributed by atoms with E-state index >= 15 is 0 Å². The van der Waals surface area contributed by atoms with Crippen molar-refractivity contribution in [2.24, 2.45) is 11.8 Å². The fraction of sp³-hybridized carbons (Fsp3) is 0.667. The van der Waals surface area contributed by atoms with Crippen molar-refractivity contribution in [1.29, 1.82) is 0 Å². The molecular formula is C12H20N4. The van der Waals surface area contributed by atoms with Crippen LogP contribution in [-0.4, -0.2) is 16.0 Å². The van der Waals surface area contributed by atoms with Gasteiger partial charge in [0.2, 0.25) is 0 Å². The van der Waals surface area contributed by atoms with Crippen LogP contribution in [0.3, 0.4) is 0 Å². The number of nitrogens with two attached hydrogens (primary N) is 1. The zero-order chi connectivity index (χ0) is 11.7. The van der Waals surface area contributed by atoms with Gasteiger partial charge in [-0.25, -0.2) is 9.97 Å². The second-order valence-electron chi connectivity index (χ2n) is 4.89. The number of nitrogens with zero attached hydrogens (tertiary/aromatic N) is 2. The Morgan fingerprint density at radius 3 is 2.62 bits per heavy atom. The number of nitrogen functional groups attached to an aromatic ring is 1. The Morgan fingerprint density at radius 1 is 1.31 bits per heavy atom. The van der Waals surface area contributed by atoms with E-state index in [1.54, 1.807) is 0 Å². The lowest BCUT2D eigenvalue weighted by molar-refractivity contribution is 0.435. The van der Waals surface area contributed by atoms with Gasteiger partial charge in [-0.1, -0.05) is 13.8 Å². The lowest BCUT2D eigenvalue weighted by atomic mass is 9.98. The van der Waals surface area contributed by atoms with E-state index in [0.717, 1.165) is 17.6 Å². The summed E-state index contributed by atoms with van der Waals surface area (Å²) in [6, 6.07) is 2.33. The number of aromatic nitrogens is 2. The summed E-state index contributed by atoms with van der Waals surface area (Å²) in [6.07, 6.45) is 2.50. The smallest absolute Gasteiger partial charge is 0.132 e. The van der Waals surface area contributed by atoms with Gasteiger partial charge in [0.25, 0.3) is 0 Å². The second-order valence-corrected chi connectivity index (χ2v) is 4.89. The molecule has 0 amide bonds. The number of hydrogen-bond donors (Lipinski definition) is 2. The van der Waals surface area contributed by atoms with Gasteiger partial charge in [-0.3, -0.25) is 0 Å². The van der Waals surface area contributed by atoms with E-state index < -0.39 is 0 Å². The summed E-state index contributed by atoms with van der Waals surface area (Å²) in [7, 11) is 0. The van der Waals surface area contributed by atoms with E-state index in [0.29, 0.717) is 17.8 Å². The van der Waals surface area contributed by atoms with Gasteiger partial charge in [-0.15, -0.1) is 0 Å². The molecule has 16 heavy (non-hydrogen) atoms. The van der Waals surface area contributed by atoms with Crippen LogP contribution < -0.4 is 11.1 Å². The molecule has 1 aliphatic carbocycles. The minimum Gasteiger partial charge on any atom is -0.384 e. The van der Waals surface area contributed by atoms with Gasteiger partial charge in [0.05, 0.1) is 0 Å². The topological polar surface area (TPSA) is 63.8 Å². The first-order valence-corrected chi connectivity index (χ1v) is 5.94. The molecule has 1 heterocycles. The molecule has 0 aliphatic heterocycles. The summed E-state index contributed by atoms with van der Waals surface area (Å²) in [4.78, 5) is 8.42. The highest BCUT2D eigenvalue weighted by atomic mass is 15.1. The Hall–Kier alpha value is -1.32. The SMILES string of the molecule is Cc1nc(N)cc(NC2CCC(C)C2C)n1. The van der Waals surface area contributed by atoms with E-state index in [4.69, 9.17) is 5.73 Å². The predicted octanol–water partition coefficient (Wildman–Crippen LogP) is 2.21. The molecule has 0 radical (unpaired) electrons. The van der Waals surface area contributed by atoms with Crippen molar-refractivity contribution in [1.82, 2.24) is 9.97 Å². The average molecular weight is 220 g/mol. The Labute approximate surface area is 96.7 Å². The van der Waals surface area contributed by atoms with Crippen LogP contribution in [0.1, 0.15) is 32.5 Å². The van der Waals surface area contributed by atoms with E-state index in [9.17, 15) is 0 Å². The van der Waals surface area contributed by atoms with Crippen LogP contribution in [0.4, 0.5) is 11.6 Å². The van der Waals surface area contributed by atoms with Crippen LogP contribution in [0, 0.1) is 18.8 Å². The zero-order valence-corrected chi connectivity index (χ0v) is 10.2. The predicted molar refractivity (Wildman–Crippen MR) is 66.2 cm³/mol. The fourth-order valence-corrected chi connectivity index (χ4v) is 2.42. The molecule has 0 spiro atoms. The van der Waals surface area contributed by atoms with E-state index in [1.807, 2.05) is 13.0 Å². The monoisotopic (exact) mass is 220 g/mol. The molecule has 88 valence electrons. The molecule has 4 nitrogen and oxygen atoms in total. The Bertz CT molecular complexity index is 357. The van der Waals surface area contributed by atoms with Gasteiger partial charge in [0.1, 0.15) is 17.5 Å². The van der Waals surface area contributed by atoms with Crippen LogP contribution >= 0.6 is 0 Å². The molecule has 0 aromatic carbocycles. The summed E-state index contributed by atoms with van der Waals surface area (Å²) >= 11 is 0. The van der Waals surface area contributed by atoms with Crippen LogP contribution in [0.25, 0.3) is 0 Å². The quantitative estimate of drug-likeness (QED) is 0.802. The Balaban J connectivity index is 2.09. The molecule has 3 unspecified atom stereocenters. The maximum atomic E-state index is 5.70. The second kappa shape index (κ2) is 4.28. The molecule has 1 aromatic rings. The summed E-state index contributed by atoms with van der Waals surface area (Å²) in [6.45, 7) is 6.47. The molecule has 0 bridgehead atoms. The van der Waals surface area contributed by atoms with E-state index in [2.05, 4.69) is 29.1 Å². The highest BCUT2D eigenvalue weighted by molar-refractivity contribution is 5.45. The third kappa shape index (κ3) is 2.26. The number of hydrogen-bond acceptors (Lipinski definition) is 4. The summed E-state index contributed by atoms with van der Waals surface area (Å²) in [5.41, 5.74) is 5.70. The molecule has 3 atom stereocenters. The van der Waals surface area contributed by atoms with Gasteiger partial charge in [-0.05, 0) is 31.6 Å². The molecule has 2 rings (SSSR count).